The molecule has 0 aromatic rings. The molecule has 0 saturated heterocycles. The maximum absolute atomic E-state index is 12.2. The van der Waals surface area contributed by atoms with Gasteiger partial charge in [0.15, 0.2) is 0 Å². The van der Waals surface area contributed by atoms with Gasteiger partial charge >= 0.3 is 5.97 Å². The highest BCUT2D eigenvalue weighted by molar-refractivity contribution is 5.74. The van der Waals surface area contributed by atoms with Gasteiger partial charge < -0.3 is 10.2 Å². The Kier molecular flexibility index (Phi) is 4.85. The van der Waals surface area contributed by atoms with E-state index < -0.39 is 11.4 Å². The molecule has 5 aliphatic rings. The second-order valence-electron chi connectivity index (χ2n) is 14.5. The molecular weight excluding hydrogens is 408 g/mol. The third-order valence-corrected chi connectivity index (χ3v) is 12.7. The van der Waals surface area contributed by atoms with Gasteiger partial charge in [-0.3, -0.25) is 4.79 Å². The summed E-state index contributed by atoms with van der Waals surface area (Å²) in [5, 5.41) is 20.9. The first-order valence-corrected chi connectivity index (χ1v) is 13.5. The third kappa shape index (κ3) is 2.81. The van der Waals surface area contributed by atoms with Gasteiger partial charge in [-0.2, -0.15) is 0 Å². The first-order chi connectivity index (χ1) is 15.1. The molecule has 0 aliphatic heterocycles. The first-order valence-electron chi connectivity index (χ1n) is 13.5. The van der Waals surface area contributed by atoms with Gasteiger partial charge in [-0.1, -0.05) is 64.8 Å². The van der Waals surface area contributed by atoms with Crippen LogP contribution in [0.1, 0.15) is 106 Å². The number of rotatable bonds is 1. The maximum atomic E-state index is 12.2. The molecule has 0 unspecified atom stereocenters. The molecule has 33 heavy (non-hydrogen) atoms. The Morgan fingerprint density at radius 1 is 0.848 bits per heavy atom. The molecule has 0 bridgehead atoms. The standard InChI is InChI=1S/C30H46O3/c1-25(2)21-10-13-30(7)22(28(21,5)12-11-23(25)31)9-8-19-20-18-27(4,24(32)33)15-14-26(20,3)16-17-29(19,30)6/h8-9,20-21,23,31H,10-18H2,1-7H3,(H,32,33)/t20-,21-,23+,26-,27+,28-,29+,30+/m1/s1. The number of aliphatic carboxylic acids is 1. The van der Waals surface area contributed by atoms with Crippen LogP contribution in [0.4, 0.5) is 0 Å². The summed E-state index contributed by atoms with van der Waals surface area (Å²) < 4.78 is 0. The molecule has 0 aromatic heterocycles. The minimum absolute atomic E-state index is 0.0577. The average Bonchev–Trinajstić information content (AvgIpc) is 2.73. The molecule has 3 nitrogen and oxygen atoms in total. The average molecular weight is 455 g/mol. The SMILES string of the molecule is CC1(C)[C@H]2CC[C@@]3(C)C(=CC=C4[C@H]5C[C@@](C)(C(=O)O)CC[C@]5(C)CC[C@@]43C)[C@]2(C)CC[C@@H]1O. The number of carboxylic acids is 1. The molecule has 0 heterocycles. The third-order valence-electron chi connectivity index (χ3n) is 12.7. The Morgan fingerprint density at radius 3 is 2.18 bits per heavy atom. The summed E-state index contributed by atoms with van der Waals surface area (Å²) in [7, 11) is 0. The van der Waals surface area contributed by atoms with Crippen LogP contribution in [0.15, 0.2) is 23.3 Å². The molecule has 4 fully saturated rings. The van der Waals surface area contributed by atoms with Crippen molar-refractivity contribution in [1.82, 2.24) is 0 Å². The van der Waals surface area contributed by atoms with Gasteiger partial charge in [0.1, 0.15) is 0 Å². The van der Waals surface area contributed by atoms with E-state index in [4.69, 9.17) is 0 Å². The first kappa shape index (κ1) is 23.6. The van der Waals surface area contributed by atoms with E-state index in [-0.39, 0.29) is 33.2 Å². The molecule has 3 heteroatoms. The number of aliphatic hydroxyl groups is 1. The molecular formula is C30H46O3. The van der Waals surface area contributed by atoms with Crippen molar-refractivity contribution in [1.29, 1.82) is 0 Å². The number of fused-ring (bicyclic) bond motifs is 7. The van der Waals surface area contributed by atoms with Gasteiger partial charge in [-0.25, -0.2) is 0 Å². The Balaban J connectivity index is 1.62. The van der Waals surface area contributed by atoms with E-state index in [1.807, 2.05) is 6.92 Å². The van der Waals surface area contributed by atoms with E-state index in [1.165, 1.54) is 25.7 Å². The molecule has 8 atom stereocenters. The summed E-state index contributed by atoms with van der Waals surface area (Å²) in [6.07, 6.45) is 14.0. The number of hydrogen-bond donors (Lipinski definition) is 2. The summed E-state index contributed by atoms with van der Waals surface area (Å²) >= 11 is 0. The lowest BCUT2D eigenvalue weighted by Crippen LogP contribution is -2.61. The zero-order valence-corrected chi connectivity index (χ0v) is 22.1. The lowest BCUT2D eigenvalue weighted by atomic mass is 9.36. The normalized spacial score (nSPS) is 52.9. The fourth-order valence-electron chi connectivity index (χ4n) is 9.84. The van der Waals surface area contributed by atoms with Crippen LogP contribution in [0, 0.1) is 44.3 Å². The van der Waals surface area contributed by atoms with Crippen molar-refractivity contribution >= 4 is 5.97 Å². The van der Waals surface area contributed by atoms with E-state index in [0.29, 0.717) is 11.8 Å². The molecule has 5 rings (SSSR count). The fraction of sp³-hybridized carbons (Fsp3) is 0.833. The van der Waals surface area contributed by atoms with Crippen LogP contribution in [0.25, 0.3) is 0 Å². The van der Waals surface area contributed by atoms with Crippen LogP contribution in [-0.2, 0) is 4.79 Å². The smallest absolute Gasteiger partial charge is 0.309 e. The number of carbonyl (C=O) groups is 1. The maximum Gasteiger partial charge on any atom is 0.309 e. The monoisotopic (exact) mass is 454 g/mol. The highest BCUT2D eigenvalue weighted by Crippen LogP contribution is 2.74. The van der Waals surface area contributed by atoms with Gasteiger partial charge in [-0.05, 0) is 104 Å². The van der Waals surface area contributed by atoms with Crippen molar-refractivity contribution in [2.24, 2.45) is 44.3 Å². The summed E-state index contributed by atoms with van der Waals surface area (Å²) in [6.45, 7) is 16.5. The number of carboxylic acid groups (broad SMARTS) is 1. The van der Waals surface area contributed by atoms with Crippen molar-refractivity contribution in [2.45, 2.75) is 112 Å². The van der Waals surface area contributed by atoms with Crippen molar-refractivity contribution in [3.63, 3.8) is 0 Å². The summed E-state index contributed by atoms with van der Waals surface area (Å²) in [4.78, 5) is 12.2. The van der Waals surface area contributed by atoms with Crippen molar-refractivity contribution in [3.05, 3.63) is 23.3 Å². The Labute approximate surface area is 201 Å². The highest BCUT2D eigenvalue weighted by Gasteiger charge is 2.66. The Bertz CT molecular complexity index is 944. The molecule has 0 radical (unpaired) electrons. The minimum atomic E-state index is -0.619. The molecule has 0 spiro atoms. The predicted octanol–water partition coefficient (Wildman–Crippen LogP) is 7.15. The van der Waals surface area contributed by atoms with Crippen molar-refractivity contribution in [3.8, 4) is 0 Å². The van der Waals surface area contributed by atoms with Gasteiger partial charge in [0.05, 0.1) is 11.5 Å². The lowest BCUT2D eigenvalue weighted by molar-refractivity contribution is -0.155. The van der Waals surface area contributed by atoms with E-state index in [2.05, 4.69) is 53.7 Å². The summed E-state index contributed by atoms with van der Waals surface area (Å²) in [5.41, 5.74) is 3.05. The molecule has 0 aromatic carbocycles. The molecule has 0 amide bonds. The van der Waals surface area contributed by atoms with Crippen molar-refractivity contribution < 1.29 is 15.0 Å². The van der Waals surface area contributed by atoms with Crippen LogP contribution in [0.2, 0.25) is 0 Å². The number of aliphatic hydroxyl groups excluding tert-OH is 1. The van der Waals surface area contributed by atoms with Crippen molar-refractivity contribution in [2.75, 3.05) is 0 Å². The van der Waals surface area contributed by atoms with Crippen LogP contribution >= 0.6 is 0 Å². The fourth-order valence-corrected chi connectivity index (χ4v) is 9.84. The number of allylic oxidation sites excluding steroid dienone is 4. The minimum Gasteiger partial charge on any atom is -0.481 e. The van der Waals surface area contributed by atoms with E-state index in [0.717, 1.165) is 32.1 Å². The summed E-state index contributed by atoms with van der Waals surface area (Å²) in [5.74, 6) is 0.244. The molecule has 2 N–H and O–H groups in total. The van der Waals surface area contributed by atoms with Crippen LogP contribution < -0.4 is 0 Å². The van der Waals surface area contributed by atoms with Gasteiger partial charge in [0.2, 0.25) is 0 Å². The van der Waals surface area contributed by atoms with Crippen LogP contribution in [0.3, 0.4) is 0 Å². The van der Waals surface area contributed by atoms with Gasteiger partial charge in [0, 0.05) is 0 Å². The van der Waals surface area contributed by atoms with E-state index in [9.17, 15) is 15.0 Å². The largest absolute Gasteiger partial charge is 0.481 e. The zero-order valence-electron chi connectivity index (χ0n) is 22.1. The van der Waals surface area contributed by atoms with E-state index in [1.54, 1.807) is 11.1 Å². The van der Waals surface area contributed by atoms with Gasteiger partial charge in [0.25, 0.3) is 0 Å². The van der Waals surface area contributed by atoms with Crippen LogP contribution in [0.5, 0.6) is 0 Å². The second kappa shape index (κ2) is 6.77. The second-order valence-corrected chi connectivity index (χ2v) is 14.5. The zero-order chi connectivity index (χ0) is 24.2. The lowest BCUT2D eigenvalue weighted by Gasteiger charge is -2.68. The topological polar surface area (TPSA) is 57.5 Å². The molecule has 5 aliphatic carbocycles. The predicted molar refractivity (Wildman–Crippen MR) is 133 cm³/mol. The Hall–Kier alpha value is -1.09. The number of hydrogen-bond acceptors (Lipinski definition) is 2. The van der Waals surface area contributed by atoms with Crippen LogP contribution in [-0.4, -0.2) is 22.3 Å². The molecule has 4 saturated carbocycles. The Morgan fingerprint density at radius 2 is 1.52 bits per heavy atom. The summed E-state index contributed by atoms with van der Waals surface area (Å²) in [6, 6.07) is 0. The highest BCUT2D eigenvalue weighted by atomic mass is 16.4. The molecule has 184 valence electrons. The van der Waals surface area contributed by atoms with E-state index >= 15 is 0 Å². The quantitative estimate of drug-likeness (QED) is 0.442. The van der Waals surface area contributed by atoms with Gasteiger partial charge in [-0.15, -0.1) is 0 Å².